The van der Waals surface area contributed by atoms with Gasteiger partial charge in [0.15, 0.2) is 0 Å². The Morgan fingerprint density at radius 2 is 1.96 bits per heavy atom. The maximum absolute atomic E-state index is 12.4. The van der Waals surface area contributed by atoms with Crippen LogP contribution in [0.25, 0.3) is 0 Å². The molecule has 1 heterocycles. The summed E-state index contributed by atoms with van der Waals surface area (Å²) in [7, 11) is 1.53. The number of aryl methyl sites for hydroxylation is 1. The number of benzene rings is 1. The number of ether oxygens (including phenoxy) is 1. The minimum atomic E-state index is -0.357. The topological polar surface area (TPSA) is 80.3 Å². The van der Waals surface area contributed by atoms with E-state index >= 15 is 0 Å². The summed E-state index contributed by atoms with van der Waals surface area (Å²) in [5.41, 5.74) is 1.87. The highest BCUT2D eigenvalue weighted by atomic mass is 16.5. The molecule has 0 saturated heterocycles. The predicted molar refractivity (Wildman–Crippen MR) is 90.4 cm³/mol. The van der Waals surface area contributed by atoms with Crippen LogP contribution in [0, 0.1) is 6.92 Å². The molecule has 2 N–H and O–H groups in total. The van der Waals surface area contributed by atoms with Crippen LogP contribution in [0.4, 0.5) is 5.69 Å². The Bertz CT molecular complexity index is 785. The molecule has 1 saturated carbocycles. The van der Waals surface area contributed by atoms with Gasteiger partial charge in [0.1, 0.15) is 11.4 Å². The van der Waals surface area contributed by atoms with Crippen LogP contribution >= 0.6 is 0 Å². The van der Waals surface area contributed by atoms with Crippen molar-refractivity contribution in [1.29, 1.82) is 0 Å². The third-order valence-electron chi connectivity index (χ3n) is 3.75. The smallest absolute Gasteiger partial charge is 0.274 e. The first kappa shape index (κ1) is 16.0. The fourth-order valence-electron chi connectivity index (χ4n) is 2.29. The summed E-state index contributed by atoms with van der Waals surface area (Å²) in [4.78, 5) is 29.0. The van der Waals surface area contributed by atoms with Gasteiger partial charge in [-0.25, -0.2) is 4.98 Å². The molecule has 1 aromatic heterocycles. The molecule has 24 heavy (non-hydrogen) atoms. The minimum Gasteiger partial charge on any atom is -0.497 e. The fraction of sp³-hybridized carbons (Fsp3) is 0.278. The molecule has 0 bridgehead atoms. The van der Waals surface area contributed by atoms with E-state index in [1.165, 1.54) is 7.11 Å². The van der Waals surface area contributed by atoms with Crippen molar-refractivity contribution in [2.24, 2.45) is 0 Å². The number of aromatic nitrogens is 1. The van der Waals surface area contributed by atoms with E-state index in [1.807, 2.05) is 13.0 Å². The van der Waals surface area contributed by atoms with Crippen LogP contribution in [0.2, 0.25) is 0 Å². The average Bonchev–Trinajstić information content (AvgIpc) is 3.39. The van der Waals surface area contributed by atoms with Gasteiger partial charge in [-0.05, 0) is 50.1 Å². The van der Waals surface area contributed by atoms with Crippen LogP contribution in [-0.4, -0.2) is 29.9 Å². The molecular weight excluding hydrogens is 306 g/mol. The highest BCUT2D eigenvalue weighted by molar-refractivity contribution is 6.08. The van der Waals surface area contributed by atoms with Crippen LogP contribution in [0.5, 0.6) is 5.75 Å². The van der Waals surface area contributed by atoms with Crippen molar-refractivity contribution in [1.82, 2.24) is 10.3 Å². The molecule has 1 aromatic carbocycles. The van der Waals surface area contributed by atoms with Crippen molar-refractivity contribution in [2.75, 3.05) is 12.4 Å². The number of carbonyl (C=O) groups is 2. The lowest BCUT2D eigenvalue weighted by atomic mass is 10.1. The van der Waals surface area contributed by atoms with Crippen molar-refractivity contribution in [2.45, 2.75) is 25.8 Å². The summed E-state index contributed by atoms with van der Waals surface area (Å²) in [5, 5.41) is 5.68. The van der Waals surface area contributed by atoms with Gasteiger partial charge in [-0.2, -0.15) is 0 Å². The second-order valence-electron chi connectivity index (χ2n) is 5.78. The van der Waals surface area contributed by atoms with Gasteiger partial charge in [0.2, 0.25) is 0 Å². The van der Waals surface area contributed by atoms with E-state index in [4.69, 9.17) is 4.74 Å². The van der Waals surface area contributed by atoms with E-state index in [0.717, 1.165) is 18.5 Å². The lowest BCUT2D eigenvalue weighted by Crippen LogP contribution is -2.27. The summed E-state index contributed by atoms with van der Waals surface area (Å²) in [5.74, 6) is -0.0177. The molecule has 0 radical (unpaired) electrons. The molecule has 3 rings (SSSR count). The molecule has 1 aliphatic rings. The Kier molecular flexibility index (Phi) is 4.46. The normalized spacial score (nSPS) is 13.2. The van der Waals surface area contributed by atoms with E-state index in [1.54, 1.807) is 30.3 Å². The Hall–Kier alpha value is -2.89. The molecule has 0 unspecified atom stereocenters. The Morgan fingerprint density at radius 3 is 2.62 bits per heavy atom. The number of pyridine rings is 1. The monoisotopic (exact) mass is 325 g/mol. The van der Waals surface area contributed by atoms with Crippen molar-refractivity contribution in [3.8, 4) is 5.75 Å². The predicted octanol–water partition coefficient (Wildman–Crippen LogP) is 2.54. The SMILES string of the molecule is COc1ccc(NC(=O)c2cccc(C)n2)c(C(=O)NC2CC2)c1. The molecule has 6 heteroatoms. The molecule has 6 nitrogen and oxygen atoms in total. The van der Waals surface area contributed by atoms with E-state index in [2.05, 4.69) is 15.6 Å². The second kappa shape index (κ2) is 6.70. The number of rotatable bonds is 5. The van der Waals surface area contributed by atoms with Crippen molar-refractivity contribution in [3.63, 3.8) is 0 Å². The largest absolute Gasteiger partial charge is 0.497 e. The summed E-state index contributed by atoms with van der Waals surface area (Å²) < 4.78 is 5.18. The van der Waals surface area contributed by atoms with Crippen molar-refractivity contribution >= 4 is 17.5 Å². The number of methoxy groups -OCH3 is 1. The maximum atomic E-state index is 12.4. The van der Waals surface area contributed by atoms with E-state index in [0.29, 0.717) is 22.7 Å². The number of hydrogen-bond acceptors (Lipinski definition) is 4. The molecule has 124 valence electrons. The second-order valence-corrected chi connectivity index (χ2v) is 5.78. The van der Waals surface area contributed by atoms with Crippen molar-refractivity contribution in [3.05, 3.63) is 53.3 Å². The van der Waals surface area contributed by atoms with Crippen LogP contribution in [0.15, 0.2) is 36.4 Å². The number of nitrogens with zero attached hydrogens (tertiary/aromatic N) is 1. The van der Waals surface area contributed by atoms with Gasteiger partial charge in [-0.1, -0.05) is 6.07 Å². The van der Waals surface area contributed by atoms with Gasteiger partial charge >= 0.3 is 0 Å². The first-order valence-electron chi connectivity index (χ1n) is 7.81. The zero-order valence-corrected chi connectivity index (χ0v) is 13.6. The molecule has 2 amide bonds. The van der Waals surface area contributed by atoms with Crippen molar-refractivity contribution < 1.29 is 14.3 Å². The quantitative estimate of drug-likeness (QED) is 0.885. The molecule has 0 atom stereocenters. The molecular formula is C18H19N3O3. The highest BCUT2D eigenvalue weighted by Gasteiger charge is 2.25. The molecule has 0 aliphatic heterocycles. The van der Waals surface area contributed by atoms with Gasteiger partial charge in [-0.15, -0.1) is 0 Å². The number of nitrogens with one attached hydrogen (secondary N) is 2. The third-order valence-corrected chi connectivity index (χ3v) is 3.75. The van der Waals surface area contributed by atoms with Crippen LogP contribution in [0.1, 0.15) is 39.4 Å². The lowest BCUT2D eigenvalue weighted by molar-refractivity contribution is 0.0951. The van der Waals surface area contributed by atoms with Gasteiger partial charge in [0.25, 0.3) is 11.8 Å². The van der Waals surface area contributed by atoms with E-state index in [9.17, 15) is 9.59 Å². The zero-order valence-electron chi connectivity index (χ0n) is 13.6. The highest BCUT2D eigenvalue weighted by Crippen LogP contribution is 2.25. The fourth-order valence-corrected chi connectivity index (χ4v) is 2.29. The standard InChI is InChI=1S/C18H19N3O3/c1-11-4-3-5-16(19-11)18(23)21-15-9-8-13(24-2)10-14(15)17(22)20-12-6-7-12/h3-5,8-10,12H,6-7H2,1-2H3,(H,20,22)(H,21,23). The Balaban J connectivity index is 1.85. The van der Waals surface area contributed by atoms with Crippen LogP contribution < -0.4 is 15.4 Å². The molecule has 2 aromatic rings. The van der Waals surface area contributed by atoms with E-state index < -0.39 is 0 Å². The summed E-state index contributed by atoms with van der Waals surface area (Å²) in [6.45, 7) is 1.82. The number of anilines is 1. The lowest BCUT2D eigenvalue weighted by Gasteiger charge is -2.13. The first-order chi connectivity index (χ1) is 11.6. The van der Waals surface area contributed by atoms with Gasteiger partial charge in [0, 0.05) is 11.7 Å². The van der Waals surface area contributed by atoms with Gasteiger partial charge in [0.05, 0.1) is 18.4 Å². The third kappa shape index (κ3) is 3.71. The summed E-state index contributed by atoms with van der Waals surface area (Å²) in [6.07, 6.45) is 1.98. The maximum Gasteiger partial charge on any atom is 0.274 e. The number of hydrogen-bond donors (Lipinski definition) is 2. The summed E-state index contributed by atoms with van der Waals surface area (Å²) in [6, 6.07) is 10.4. The van der Waals surface area contributed by atoms with Gasteiger partial charge < -0.3 is 15.4 Å². The van der Waals surface area contributed by atoms with Crippen LogP contribution in [0.3, 0.4) is 0 Å². The minimum absolute atomic E-state index is 0.219. The molecule has 1 fully saturated rings. The first-order valence-corrected chi connectivity index (χ1v) is 7.81. The Labute approximate surface area is 140 Å². The molecule has 1 aliphatic carbocycles. The Morgan fingerprint density at radius 1 is 1.17 bits per heavy atom. The number of carbonyl (C=O) groups excluding carboxylic acids is 2. The summed E-state index contributed by atoms with van der Waals surface area (Å²) >= 11 is 0. The zero-order chi connectivity index (χ0) is 17.1. The number of amides is 2. The van der Waals surface area contributed by atoms with Crippen LogP contribution in [-0.2, 0) is 0 Å². The van der Waals surface area contributed by atoms with E-state index in [-0.39, 0.29) is 17.9 Å². The van der Waals surface area contributed by atoms with Gasteiger partial charge in [-0.3, -0.25) is 9.59 Å². The molecule has 0 spiro atoms. The average molecular weight is 325 g/mol.